The minimum absolute atomic E-state index is 0.117. The van der Waals surface area contributed by atoms with Crippen LogP contribution in [0.3, 0.4) is 0 Å². The lowest BCUT2D eigenvalue weighted by molar-refractivity contribution is -0.123. The molecule has 1 aromatic heterocycles. The molecule has 0 fully saturated rings. The van der Waals surface area contributed by atoms with Crippen LogP contribution >= 0.6 is 0 Å². The molecule has 0 saturated carbocycles. The number of rotatable bonds is 7. The van der Waals surface area contributed by atoms with Gasteiger partial charge >= 0.3 is 0 Å². The first kappa shape index (κ1) is 15.0. The second kappa shape index (κ2) is 7.42. The number of aromatic nitrogens is 2. The number of carbonyl (C=O) groups is 1. The van der Waals surface area contributed by atoms with Crippen molar-refractivity contribution in [3.05, 3.63) is 47.5 Å². The van der Waals surface area contributed by atoms with Crippen LogP contribution in [0.4, 0.5) is 4.39 Å². The lowest BCUT2D eigenvalue weighted by Crippen LogP contribution is -2.29. The maximum absolute atomic E-state index is 12.9. The number of benzene rings is 1. The van der Waals surface area contributed by atoms with E-state index in [-0.39, 0.29) is 18.3 Å². The average molecular weight is 291 g/mol. The minimum atomic E-state index is -0.386. The van der Waals surface area contributed by atoms with Crippen molar-refractivity contribution in [3.63, 3.8) is 0 Å². The van der Waals surface area contributed by atoms with E-state index in [1.165, 1.54) is 18.2 Å². The molecule has 0 spiro atoms. The molecule has 6 heteroatoms. The smallest absolute Gasteiger partial charge is 0.257 e. The molecule has 1 aromatic carbocycles. The number of aromatic amines is 1. The van der Waals surface area contributed by atoms with E-state index in [0.29, 0.717) is 12.3 Å². The van der Waals surface area contributed by atoms with Gasteiger partial charge in [-0.25, -0.2) is 4.39 Å². The van der Waals surface area contributed by atoms with E-state index in [2.05, 4.69) is 15.5 Å². The monoisotopic (exact) mass is 291 g/mol. The third-order valence-corrected chi connectivity index (χ3v) is 3.05. The van der Waals surface area contributed by atoms with Gasteiger partial charge in [-0.15, -0.1) is 0 Å². The van der Waals surface area contributed by atoms with Crippen molar-refractivity contribution in [2.75, 3.05) is 13.2 Å². The highest BCUT2D eigenvalue weighted by atomic mass is 19.1. The SMILES string of the molecule is Cc1[nH]ncc1CCCNC(=O)COc1cccc(F)c1. The molecule has 0 aliphatic heterocycles. The van der Waals surface area contributed by atoms with Crippen LogP contribution in [-0.2, 0) is 11.2 Å². The molecule has 112 valence electrons. The molecule has 0 radical (unpaired) electrons. The van der Waals surface area contributed by atoms with E-state index in [9.17, 15) is 9.18 Å². The Morgan fingerprint density at radius 2 is 2.33 bits per heavy atom. The van der Waals surface area contributed by atoms with Crippen molar-refractivity contribution in [1.29, 1.82) is 0 Å². The molecule has 0 bridgehead atoms. The number of nitrogens with zero attached hydrogens (tertiary/aromatic N) is 1. The predicted molar refractivity (Wildman–Crippen MR) is 76.6 cm³/mol. The Morgan fingerprint density at radius 1 is 1.48 bits per heavy atom. The zero-order chi connectivity index (χ0) is 15.1. The van der Waals surface area contributed by atoms with Gasteiger partial charge in [0.15, 0.2) is 6.61 Å². The molecule has 5 nitrogen and oxygen atoms in total. The lowest BCUT2D eigenvalue weighted by Gasteiger charge is -2.07. The van der Waals surface area contributed by atoms with E-state index >= 15 is 0 Å². The largest absolute Gasteiger partial charge is 0.484 e. The topological polar surface area (TPSA) is 67.0 Å². The van der Waals surface area contributed by atoms with E-state index in [1.54, 1.807) is 12.3 Å². The second-order valence-corrected chi connectivity index (χ2v) is 4.72. The van der Waals surface area contributed by atoms with Crippen LogP contribution in [0, 0.1) is 12.7 Å². The van der Waals surface area contributed by atoms with Gasteiger partial charge in [0, 0.05) is 18.3 Å². The fourth-order valence-corrected chi connectivity index (χ4v) is 1.89. The summed E-state index contributed by atoms with van der Waals surface area (Å²) in [4.78, 5) is 11.6. The van der Waals surface area contributed by atoms with Crippen molar-refractivity contribution in [2.45, 2.75) is 19.8 Å². The second-order valence-electron chi connectivity index (χ2n) is 4.72. The molecule has 2 aromatic rings. The van der Waals surface area contributed by atoms with Gasteiger partial charge < -0.3 is 10.1 Å². The van der Waals surface area contributed by atoms with E-state index in [4.69, 9.17) is 4.74 Å². The average Bonchev–Trinajstić information content (AvgIpc) is 2.87. The highest BCUT2D eigenvalue weighted by molar-refractivity contribution is 5.77. The highest BCUT2D eigenvalue weighted by Gasteiger charge is 2.04. The molecular weight excluding hydrogens is 273 g/mol. The van der Waals surface area contributed by atoms with Crippen molar-refractivity contribution in [2.24, 2.45) is 0 Å². The Morgan fingerprint density at radius 3 is 3.05 bits per heavy atom. The summed E-state index contributed by atoms with van der Waals surface area (Å²) in [5, 5.41) is 9.58. The summed E-state index contributed by atoms with van der Waals surface area (Å²) in [6, 6.07) is 5.72. The number of ether oxygens (including phenoxy) is 1. The summed E-state index contributed by atoms with van der Waals surface area (Å²) < 4.78 is 18.1. The van der Waals surface area contributed by atoms with E-state index in [1.807, 2.05) is 6.92 Å². The number of halogens is 1. The predicted octanol–water partition coefficient (Wildman–Crippen LogP) is 1.99. The summed E-state index contributed by atoms with van der Waals surface area (Å²) in [5.41, 5.74) is 2.20. The van der Waals surface area contributed by atoms with Gasteiger partial charge in [-0.1, -0.05) is 6.07 Å². The number of nitrogens with one attached hydrogen (secondary N) is 2. The van der Waals surface area contributed by atoms with Gasteiger partial charge in [0.05, 0.1) is 6.20 Å². The number of hydrogen-bond donors (Lipinski definition) is 2. The first-order valence-corrected chi connectivity index (χ1v) is 6.79. The molecule has 21 heavy (non-hydrogen) atoms. The number of H-pyrrole nitrogens is 1. The molecule has 0 unspecified atom stereocenters. The number of aryl methyl sites for hydroxylation is 2. The maximum Gasteiger partial charge on any atom is 0.257 e. The Balaban J connectivity index is 1.63. The Labute approximate surface area is 122 Å². The van der Waals surface area contributed by atoms with Gasteiger partial charge in [0.1, 0.15) is 11.6 Å². The van der Waals surface area contributed by atoms with Crippen LogP contribution in [0.15, 0.2) is 30.5 Å². The lowest BCUT2D eigenvalue weighted by atomic mass is 10.1. The van der Waals surface area contributed by atoms with Gasteiger partial charge in [-0.05, 0) is 37.5 Å². The van der Waals surface area contributed by atoms with Gasteiger partial charge in [-0.2, -0.15) is 5.10 Å². The van der Waals surface area contributed by atoms with E-state index in [0.717, 1.165) is 24.1 Å². The van der Waals surface area contributed by atoms with Crippen molar-refractivity contribution in [3.8, 4) is 5.75 Å². The van der Waals surface area contributed by atoms with Crippen LogP contribution in [0.2, 0.25) is 0 Å². The number of carbonyl (C=O) groups excluding carboxylic acids is 1. The summed E-state index contributed by atoms with van der Waals surface area (Å²) in [7, 11) is 0. The van der Waals surface area contributed by atoms with Crippen molar-refractivity contribution < 1.29 is 13.9 Å². The molecule has 0 atom stereocenters. The third kappa shape index (κ3) is 4.91. The zero-order valence-corrected chi connectivity index (χ0v) is 11.9. The highest BCUT2D eigenvalue weighted by Crippen LogP contribution is 2.11. The Hall–Kier alpha value is -2.37. The summed E-state index contributed by atoms with van der Waals surface area (Å²) in [6.45, 7) is 2.41. The fourth-order valence-electron chi connectivity index (χ4n) is 1.89. The first-order valence-electron chi connectivity index (χ1n) is 6.79. The van der Waals surface area contributed by atoms with Gasteiger partial charge in [0.25, 0.3) is 5.91 Å². The minimum Gasteiger partial charge on any atom is -0.484 e. The number of hydrogen-bond acceptors (Lipinski definition) is 3. The maximum atomic E-state index is 12.9. The fraction of sp³-hybridized carbons (Fsp3) is 0.333. The van der Waals surface area contributed by atoms with Crippen LogP contribution in [0.1, 0.15) is 17.7 Å². The van der Waals surface area contributed by atoms with Crippen LogP contribution in [-0.4, -0.2) is 29.3 Å². The Bertz CT molecular complexity index is 598. The van der Waals surface area contributed by atoms with Gasteiger partial charge in [0.2, 0.25) is 0 Å². The molecule has 2 N–H and O–H groups in total. The van der Waals surface area contributed by atoms with Crippen LogP contribution in [0.25, 0.3) is 0 Å². The summed E-state index contributed by atoms with van der Waals surface area (Å²) >= 11 is 0. The summed E-state index contributed by atoms with van der Waals surface area (Å²) in [6.07, 6.45) is 3.48. The van der Waals surface area contributed by atoms with Crippen molar-refractivity contribution >= 4 is 5.91 Å². The number of amides is 1. The summed E-state index contributed by atoms with van der Waals surface area (Å²) in [5.74, 6) is -0.259. The van der Waals surface area contributed by atoms with Gasteiger partial charge in [-0.3, -0.25) is 9.89 Å². The molecule has 2 rings (SSSR count). The first-order chi connectivity index (χ1) is 10.1. The molecular formula is C15H18FN3O2. The van der Waals surface area contributed by atoms with Crippen LogP contribution < -0.4 is 10.1 Å². The van der Waals surface area contributed by atoms with Crippen molar-refractivity contribution in [1.82, 2.24) is 15.5 Å². The molecule has 1 heterocycles. The quantitative estimate of drug-likeness (QED) is 0.767. The Kier molecular flexibility index (Phi) is 5.31. The third-order valence-electron chi connectivity index (χ3n) is 3.05. The zero-order valence-electron chi connectivity index (χ0n) is 11.9. The molecule has 0 saturated heterocycles. The molecule has 0 aliphatic rings. The standard InChI is InChI=1S/C15H18FN3O2/c1-11-12(9-18-19-11)4-3-7-17-15(20)10-21-14-6-2-5-13(16)8-14/h2,5-6,8-9H,3-4,7,10H2,1H3,(H,17,20)(H,18,19). The molecule has 0 aliphatic carbocycles. The molecule has 1 amide bonds. The normalized spacial score (nSPS) is 10.4. The van der Waals surface area contributed by atoms with Crippen LogP contribution in [0.5, 0.6) is 5.75 Å². The van der Waals surface area contributed by atoms with E-state index < -0.39 is 0 Å².